The zero-order chi connectivity index (χ0) is 17.8. The van der Waals surface area contributed by atoms with Crippen molar-refractivity contribution in [2.75, 3.05) is 20.8 Å². The number of rotatable bonds is 6. The number of amidine groups is 1. The Hall–Kier alpha value is -3.02. The highest BCUT2D eigenvalue weighted by atomic mass is 19.1. The largest absolute Gasteiger partial charge is 0.496 e. The molecule has 3 aromatic rings. The van der Waals surface area contributed by atoms with Crippen LogP contribution in [0.5, 0.6) is 11.5 Å². The fourth-order valence-electron chi connectivity index (χ4n) is 2.79. The molecule has 2 aromatic carbocycles. The number of halogens is 1. The van der Waals surface area contributed by atoms with Gasteiger partial charge in [0.2, 0.25) is 0 Å². The van der Waals surface area contributed by atoms with E-state index in [1.165, 1.54) is 12.1 Å². The fourth-order valence-corrected chi connectivity index (χ4v) is 2.79. The molecule has 5 nitrogen and oxygen atoms in total. The molecule has 0 amide bonds. The number of methoxy groups -OCH3 is 2. The quantitative estimate of drug-likeness (QED) is 0.534. The zero-order valence-electron chi connectivity index (χ0n) is 14.2. The minimum absolute atomic E-state index is 0.281. The van der Waals surface area contributed by atoms with Crippen LogP contribution in [-0.4, -0.2) is 31.6 Å². The third-order valence-corrected chi connectivity index (χ3v) is 4.03. The van der Waals surface area contributed by atoms with Gasteiger partial charge in [-0.05, 0) is 42.8 Å². The van der Waals surface area contributed by atoms with Crippen molar-refractivity contribution in [1.29, 1.82) is 0 Å². The van der Waals surface area contributed by atoms with Gasteiger partial charge in [0, 0.05) is 23.0 Å². The van der Waals surface area contributed by atoms with E-state index in [-0.39, 0.29) is 5.82 Å². The van der Waals surface area contributed by atoms with Crippen LogP contribution in [0, 0.1) is 5.82 Å². The molecule has 3 rings (SSSR count). The van der Waals surface area contributed by atoms with Gasteiger partial charge in [0.05, 0.1) is 19.9 Å². The lowest BCUT2D eigenvalue weighted by Crippen LogP contribution is -2.15. The molecule has 1 heterocycles. The van der Waals surface area contributed by atoms with E-state index in [4.69, 9.17) is 15.2 Å². The second-order valence-electron chi connectivity index (χ2n) is 5.57. The van der Waals surface area contributed by atoms with Crippen LogP contribution in [0.2, 0.25) is 0 Å². The third-order valence-electron chi connectivity index (χ3n) is 4.03. The molecule has 0 saturated heterocycles. The second kappa shape index (κ2) is 7.25. The first-order chi connectivity index (χ1) is 12.1. The van der Waals surface area contributed by atoms with Gasteiger partial charge in [-0.3, -0.25) is 4.99 Å². The molecule has 0 unspecified atom stereocenters. The molecular weight excluding hydrogens is 321 g/mol. The number of nitrogens with one attached hydrogen (secondary N) is 1. The maximum absolute atomic E-state index is 13.3. The summed E-state index contributed by atoms with van der Waals surface area (Å²) >= 11 is 0. The minimum Gasteiger partial charge on any atom is -0.496 e. The summed E-state index contributed by atoms with van der Waals surface area (Å²) in [5, 5.41) is 0.763. The van der Waals surface area contributed by atoms with Crippen LogP contribution in [-0.2, 0) is 6.42 Å². The predicted molar refractivity (Wildman–Crippen MR) is 97.1 cm³/mol. The molecule has 0 bridgehead atoms. The van der Waals surface area contributed by atoms with Crippen molar-refractivity contribution < 1.29 is 13.9 Å². The molecule has 0 fully saturated rings. The fraction of sp³-hybridized carbons (Fsp3) is 0.211. The van der Waals surface area contributed by atoms with E-state index >= 15 is 0 Å². The van der Waals surface area contributed by atoms with Gasteiger partial charge >= 0.3 is 0 Å². The summed E-state index contributed by atoms with van der Waals surface area (Å²) < 4.78 is 24.0. The highest BCUT2D eigenvalue weighted by molar-refractivity contribution is 6.00. The minimum atomic E-state index is -0.281. The standard InChI is InChI=1S/C19H20FN3O2/c1-24-17-4-3-5-18(25-2)14(17)8-9-22-19(21)16-11-12-10-13(20)6-7-15(12)23-16/h3-7,10-11,23H,8-9H2,1-2H3,(H2,21,22). The molecule has 0 spiro atoms. The molecule has 1 aromatic heterocycles. The van der Waals surface area contributed by atoms with Crippen molar-refractivity contribution in [2.24, 2.45) is 10.7 Å². The monoisotopic (exact) mass is 341 g/mol. The first-order valence-corrected chi connectivity index (χ1v) is 7.91. The van der Waals surface area contributed by atoms with Crippen LogP contribution in [0.3, 0.4) is 0 Å². The summed E-state index contributed by atoms with van der Waals surface area (Å²) in [5.41, 5.74) is 8.51. The van der Waals surface area contributed by atoms with Crippen molar-refractivity contribution in [3.05, 3.63) is 59.5 Å². The summed E-state index contributed by atoms with van der Waals surface area (Å²) in [6, 6.07) is 12.0. The van der Waals surface area contributed by atoms with Crippen LogP contribution in [0.25, 0.3) is 10.9 Å². The van der Waals surface area contributed by atoms with Crippen molar-refractivity contribution in [1.82, 2.24) is 4.98 Å². The highest BCUT2D eigenvalue weighted by Gasteiger charge is 2.10. The topological polar surface area (TPSA) is 72.6 Å². The summed E-state index contributed by atoms with van der Waals surface area (Å²) in [7, 11) is 3.25. The maximum Gasteiger partial charge on any atom is 0.142 e. The number of hydrogen-bond acceptors (Lipinski definition) is 3. The smallest absolute Gasteiger partial charge is 0.142 e. The van der Waals surface area contributed by atoms with Gasteiger partial charge in [-0.15, -0.1) is 0 Å². The van der Waals surface area contributed by atoms with Gasteiger partial charge in [0.25, 0.3) is 0 Å². The first-order valence-electron chi connectivity index (χ1n) is 7.91. The van der Waals surface area contributed by atoms with Gasteiger partial charge < -0.3 is 20.2 Å². The molecule has 0 atom stereocenters. The predicted octanol–water partition coefficient (Wildman–Crippen LogP) is 3.27. The highest BCUT2D eigenvalue weighted by Crippen LogP contribution is 2.28. The molecule has 0 radical (unpaired) electrons. The maximum atomic E-state index is 13.3. The average Bonchev–Trinajstić information content (AvgIpc) is 3.04. The Kier molecular flexibility index (Phi) is 4.88. The zero-order valence-corrected chi connectivity index (χ0v) is 14.2. The number of aliphatic imine (C=N–C) groups is 1. The Bertz CT molecular complexity index is 896. The molecule has 0 aliphatic heterocycles. The Morgan fingerprint density at radius 3 is 2.52 bits per heavy atom. The van der Waals surface area contributed by atoms with E-state index in [2.05, 4.69) is 9.98 Å². The second-order valence-corrected chi connectivity index (χ2v) is 5.57. The summed E-state index contributed by atoms with van der Waals surface area (Å²) in [4.78, 5) is 7.56. The van der Waals surface area contributed by atoms with E-state index in [0.29, 0.717) is 24.5 Å². The summed E-state index contributed by atoms with van der Waals surface area (Å²) in [6.45, 7) is 0.478. The number of fused-ring (bicyclic) bond motifs is 1. The SMILES string of the molecule is COc1cccc(OC)c1CCN=C(N)c1cc2cc(F)ccc2[nH]1. The lowest BCUT2D eigenvalue weighted by atomic mass is 10.1. The van der Waals surface area contributed by atoms with Gasteiger partial charge in [0.15, 0.2) is 0 Å². The number of nitrogens with zero attached hydrogens (tertiary/aromatic N) is 1. The van der Waals surface area contributed by atoms with E-state index in [1.54, 1.807) is 26.4 Å². The summed E-state index contributed by atoms with van der Waals surface area (Å²) in [6.07, 6.45) is 0.628. The lowest BCUT2D eigenvalue weighted by molar-refractivity contribution is 0.385. The number of benzene rings is 2. The van der Waals surface area contributed by atoms with Crippen molar-refractivity contribution in [3.63, 3.8) is 0 Å². The molecule has 130 valence electrons. The molecule has 0 aliphatic carbocycles. The summed E-state index contributed by atoms with van der Waals surface area (Å²) in [5.74, 6) is 1.62. The first kappa shape index (κ1) is 16.8. The Morgan fingerprint density at radius 1 is 1.12 bits per heavy atom. The number of H-pyrrole nitrogens is 1. The van der Waals surface area contributed by atoms with Crippen LogP contribution in [0.1, 0.15) is 11.3 Å². The van der Waals surface area contributed by atoms with E-state index in [0.717, 1.165) is 28.0 Å². The number of nitrogens with two attached hydrogens (primary N) is 1. The molecule has 3 N–H and O–H groups in total. The average molecular weight is 341 g/mol. The Labute approximate surface area is 145 Å². The van der Waals surface area contributed by atoms with E-state index in [9.17, 15) is 4.39 Å². The van der Waals surface area contributed by atoms with Gasteiger partial charge in [-0.25, -0.2) is 4.39 Å². The Balaban J connectivity index is 1.77. The van der Waals surface area contributed by atoms with Crippen molar-refractivity contribution in [3.8, 4) is 11.5 Å². The number of ether oxygens (including phenoxy) is 2. The van der Waals surface area contributed by atoms with Gasteiger partial charge in [-0.1, -0.05) is 6.07 Å². The van der Waals surface area contributed by atoms with Gasteiger partial charge in [0.1, 0.15) is 23.2 Å². The van der Waals surface area contributed by atoms with E-state index in [1.807, 2.05) is 18.2 Å². The molecule has 0 aliphatic rings. The van der Waals surface area contributed by atoms with Crippen LogP contribution >= 0.6 is 0 Å². The van der Waals surface area contributed by atoms with Gasteiger partial charge in [-0.2, -0.15) is 0 Å². The number of aromatic nitrogens is 1. The number of hydrogen-bond donors (Lipinski definition) is 2. The molecule has 6 heteroatoms. The molecule has 0 saturated carbocycles. The third kappa shape index (κ3) is 3.57. The van der Waals surface area contributed by atoms with Crippen LogP contribution in [0.15, 0.2) is 47.5 Å². The molecular formula is C19H20FN3O2. The normalized spacial score (nSPS) is 11.7. The van der Waals surface area contributed by atoms with Crippen molar-refractivity contribution in [2.45, 2.75) is 6.42 Å². The van der Waals surface area contributed by atoms with Crippen LogP contribution < -0.4 is 15.2 Å². The Morgan fingerprint density at radius 2 is 1.84 bits per heavy atom. The number of aromatic amines is 1. The van der Waals surface area contributed by atoms with Crippen molar-refractivity contribution >= 4 is 16.7 Å². The molecule has 25 heavy (non-hydrogen) atoms. The van der Waals surface area contributed by atoms with Crippen LogP contribution in [0.4, 0.5) is 4.39 Å². The lowest BCUT2D eigenvalue weighted by Gasteiger charge is -2.12. The van der Waals surface area contributed by atoms with E-state index < -0.39 is 0 Å².